The summed E-state index contributed by atoms with van der Waals surface area (Å²) in [5, 5.41) is 3.97. The van der Waals surface area contributed by atoms with Crippen LogP contribution in [-0.4, -0.2) is 49.3 Å². The third-order valence-electron chi connectivity index (χ3n) is 4.49. The van der Waals surface area contributed by atoms with Crippen LogP contribution in [0.15, 0.2) is 41.2 Å². The van der Waals surface area contributed by atoms with Crippen LogP contribution < -0.4 is 14.2 Å². The first-order valence-electron chi connectivity index (χ1n) is 8.91. The molecule has 0 spiro atoms. The average Bonchev–Trinajstić information content (AvgIpc) is 3.14. The lowest BCUT2D eigenvalue weighted by Crippen LogP contribution is -2.27. The number of carbonyl (C=O) groups excluding carboxylic acids is 1. The second kappa shape index (κ2) is 8.64. The molecule has 0 radical (unpaired) electrons. The molecule has 0 fully saturated rings. The van der Waals surface area contributed by atoms with Gasteiger partial charge in [-0.25, -0.2) is 0 Å². The van der Waals surface area contributed by atoms with Gasteiger partial charge in [0.1, 0.15) is 5.56 Å². The fourth-order valence-electron chi connectivity index (χ4n) is 3.08. The Morgan fingerprint density at radius 3 is 2.38 bits per heavy atom. The van der Waals surface area contributed by atoms with Crippen molar-refractivity contribution in [1.82, 2.24) is 15.0 Å². The fraction of sp³-hybridized carbons (Fsp3) is 0.286. The SMILES string of the molecule is COc1cc(CN(C)C(=O)c2c(C)noc2-c2cccnc2)cc(OC)c1OC. The van der Waals surface area contributed by atoms with Crippen molar-refractivity contribution in [3.8, 4) is 28.6 Å². The predicted molar refractivity (Wildman–Crippen MR) is 106 cm³/mol. The number of methoxy groups -OCH3 is 3. The number of hydrogen-bond acceptors (Lipinski definition) is 7. The highest BCUT2D eigenvalue weighted by molar-refractivity contribution is 6.00. The van der Waals surface area contributed by atoms with Gasteiger partial charge in [0.2, 0.25) is 5.75 Å². The molecule has 8 heteroatoms. The minimum atomic E-state index is -0.212. The van der Waals surface area contributed by atoms with Crippen LogP contribution >= 0.6 is 0 Å². The quantitative estimate of drug-likeness (QED) is 0.604. The molecular formula is C21H23N3O5. The van der Waals surface area contributed by atoms with Crippen LogP contribution in [0.5, 0.6) is 17.2 Å². The van der Waals surface area contributed by atoms with Gasteiger partial charge < -0.3 is 23.6 Å². The highest BCUT2D eigenvalue weighted by Gasteiger charge is 2.25. The van der Waals surface area contributed by atoms with Crippen molar-refractivity contribution < 1.29 is 23.5 Å². The maximum atomic E-state index is 13.2. The van der Waals surface area contributed by atoms with E-state index < -0.39 is 0 Å². The molecule has 0 bridgehead atoms. The number of aryl methyl sites for hydroxylation is 1. The van der Waals surface area contributed by atoms with E-state index in [9.17, 15) is 4.79 Å². The molecule has 2 aromatic heterocycles. The number of rotatable bonds is 7. The molecular weight excluding hydrogens is 374 g/mol. The summed E-state index contributed by atoms with van der Waals surface area (Å²) >= 11 is 0. The van der Waals surface area contributed by atoms with Gasteiger partial charge in [0, 0.05) is 31.5 Å². The molecule has 0 atom stereocenters. The van der Waals surface area contributed by atoms with Crippen LogP contribution in [0.2, 0.25) is 0 Å². The van der Waals surface area contributed by atoms with Crippen molar-refractivity contribution in [3.05, 3.63) is 53.5 Å². The van der Waals surface area contributed by atoms with E-state index in [1.807, 2.05) is 18.2 Å². The Hall–Kier alpha value is -3.55. The molecule has 0 saturated carbocycles. The Kier molecular flexibility index (Phi) is 6.01. The molecule has 1 aromatic carbocycles. The number of carbonyl (C=O) groups is 1. The maximum Gasteiger partial charge on any atom is 0.259 e. The van der Waals surface area contributed by atoms with Gasteiger partial charge in [0.25, 0.3) is 5.91 Å². The van der Waals surface area contributed by atoms with Crippen molar-refractivity contribution in [1.29, 1.82) is 0 Å². The largest absolute Gasteiger partial charge is 0.493 e. The van der Waals surface area contributed by atoms with E-state index in [0.717, 1.165) is 5.56 Å². The zero-order valence-corrected chi connectivity index (χ0v) is 17.1. The van der Waals surface area contributed by atoms with Crippen molar-refractivity contribution in [2.75, 3.05) is 28.4 Å². The minimum absolute atomic E-state index is 0.212. The first kappa shape index (κ1) is 20.2. The molecule has 3 aromatic rings. The molecule has 152 valence electrons. The molecule has 0 saturated heterocycles. The van der Waals surface area contributed by atoms with Crippen LogP contribution in [0, 0.1) is 6.92 Å². The summed E-state index contributed by atoms with van der Waals surface area (Å²) in [6, 6.07) is 7.23. The lowest BCUT2D eigenvalue weighted by atomic mass is 10.1. The Morgan fingerprint density at radius 1 is 1.14 bits per heavy atom. The van der Waals surface area contributed by atoms with Gasteiger partial charge in [-0.1, -0.05) is 5.16 Å². The fourth-order valence-corrected chi connectivity index (χ4v) is 3.08. The number of benzene rings is 1. The van der Waals surface area contributed by atoms with Crippen LogP contribution in [-0.2, 0) is 6.54 Å². The van der Waals surface area contributed by atoms with E-state index in [2.05, 4.69) is 10.1 Å². The first-order valence-corrected chi connectivity index (χ1v) is 8.91. The standard InChI is InChI=1S/C21H23N3O5/c1-13-18(19(29-23-13)15-7-6-8-22-11-15)21(25)24(2)12-14-9-16(26-3)20(28-5)17(10-14)27-4/h6-11H,12H2,1-5H3. The molecule has 1 amide bonds. The van der Waals surface area contributed by atoms with E-state index >= 15 is 0 Å². The van der Waals surface area contributed by atoms with E-state index in [-0.39, 0.29) is 5.91 Å². The Balaban J connectivity index is 1.90. The molecule has 8 nitrogen and oxygen atoms in total. The van der Waals surface area contributed by atoms with E-state index in [4.69, 9.17) is 18.7 Å². The van der Waals surface area contributed by atoms with Gasteiger partial charge in [0.15, 0.2) is 17.3 Å². The molecule has 2 heterocycles. The Bertz CT molecular complexity index is 976. The molecule has 3 rings (SSSR count). The molecule has 0 unspecified atom stereocenters. The lowest BCUT2D eigenvalue weighted by Gasteiger charge is -2.19. The highest BCUT2D eigenvalue weighted by atomic mass is 16.5. The summed E-state index contributed by atoms with van der Waals surface area (Å²) in [5.41, 5.74) is 2.45. The molecule has 0 N–H and O–H groups in total. The first-order chi connectivity index (χ1) is 14.0. The van der Waals surface area contributed by atoms with Crippen LogP contribution in [0.4, 0.5) is 0 Å². The van der Waals surface area contributed by atoms with E-state index in [1.54, 1.807) is 58.7 Å². The van der Waals surface area contributed by atoms with Gasteiger partial charge in [0.05, 0.1) is 27.0 Å². The van der Waals surface area contributed by atoms with E-state index in [0.29, 0.717) is 46.4 Å². The summed E-state index contributed by atoms with van der Waals surface area (Å²) in [7, 11) is 6.36. The summed E-state index contributed by atoms with van der Waals surface area (Å²) in [6.07, 6.45) is 3.29. The minimum Gasteiger partial charge on any atom is -0.493 e. The molecule has 0 aliphatic heterocycles. The van der Waals surface area contributed by atoms with Gasteiger partial charge in [-0.2, -0.15) is 0 Å². The van der Waals surface area contributed by atoms with E-state index in [1.165, 1.54) is 0 Å². The molecule has 0 aliphatic rings. The Labute approximate surface area is 169 Å². The second-order valence-electron chi connectivity index (χ2n) is 6.41. The molecule has 29 heavy (non-hydrogen) atoms. The number of aromatic nitrogens is 2. The summed E-state index contributed by atoms with van der Waals surface area (Å²) in [6.45, 7) is 2.07. The van der Waals surface area contributed by atoms with Gasteiger partial charge in [-0.15, -0.1) is 0 Å². The number of ether oxygens (including phenoxy) is 3. The predicted octanol–water partition coefficient (Wildman–Crippen LogP) is 3.34. The van der Waals surface area contributed by atoms with Gasteiger partial charge in [-0.05, 0) is 36.8 Å². The zero-order valence-electron chi connectivity index (χ0n) is 17.1. The third kappa shape index (κ3) is 4.01. The van der Waals surface area contributed by atoms with Crippen LogP contribution in [0.1, 0.15) is 21.6 Å². The van der Waals surface area contributed by atoms with Crippen molar-refractivity contribution in [2.24, 2.45) is 0 Å². The van der Waals surface area contributed by atoms with Crippen molar-refractivity contribution in [3.63, 3.8) is 0 Å². The van der Waals surface area contributed by atoms with Gasteiger partial charge >= 0.3 is 0 Å². The zero-order chi connectivity index (χ0) is 21.0. The topological polar surface area (TPSA) is 86.9 Å². The monoisotopic (exact) mass is 397 g/mol. The smallest absolute Gasteiger partial charge is 0.259 e. The lowest BCUT2D eigenvalue weighted by molar-refractivity contribution is 0.0784. The summed E-state index contributed by atoms with van der Waals surface area (Å²) < 4.78 is 21.5. The van der Waals surface area contributed by atoms with Crippen LogP contribution in [0.3, 0.4) is 0 Å². The average molecular weight is 397 g/mol. The van der Waals surface area contributed by atoms with Crippen molar-refractivity contribution >= 4 is 5.91 Å². The number of hydrogen-bond donors (Lipinski definition) is 0. The van der Waals surface area contributed by atoms with Crippen LogP contribution in [0.25, 0.3) is 11.3 Å². The summed E-state index contributed by atoms with van der Waals surface area (Å²) in [5.74, 6) is 1.75. The second-order valence-corrected chi connectivity index (χ2v) is 6.41. The Morgan fingerprint density at radius 2 is 1.83 bits per heavy atom. The van der Waals surface area contributed by atoms with Gasteiger partial charge in [-0.3, -0.25) is 9.78 Å². The molecule has 0 aliphatic carbocycles. The third-order valence-corrected chi connectivity index (χ3v) is 4.49. The maximum absolute atomic E-state index is 13.2. The number of nitrogens with zero attached hydrogens (tertiary/aromatic N) is 3. The number of pyridine rings is 1. The summed E-state index contributed by atoms with van der Waals surface area (Å²) in [4.78, 5) is 18.8. The number of amides is 1. The van der Waals surface area contributed by atoms with Crippen molar-refractivity contribution in [2.45, 2.75) is 13.5 Å². The normalized spacial score (nSPS) is 10.5. The highest BCUT2D eigenvalue weighted by Crippen LogP contribution is 2.38.